The van der Waals surface area contributed by atoms with Crippen molar-refractivity contribution < 1.29 is 9.90 Å². The molecule has 148 valence electrons. The monoisotopic (exact) mass is 378 g/mol. The fraction of sp³-hybridized carbons (Fsp3) is 0.458. The Morgan fingerprint density at radius 3 is 2.36 bits per heavy atom. The number of likely N-dealkylation sites (tertiary alicyclic amines) is 2. The third kappa shape index (κ3) is 3.85. The SMILES string of the molecule is CC(O)c1ccc(-c2cccc(C(=O)N3CCC4(CCN(C)CC4)C3)c2)cc1. The van der Waals surface area contributed by atoms with Gasteiger partial charge in [-0.25, -0.2) is 0 Å². The maximum Gasteiger partial charge on any atom is 0.253 e. The minimum Gasteiger partial charge on any atom is -0.389 e. The summed E-state index contributed by atoms with van der Waals surface area (Å²) >= 11 is 0. The number of amides is 1. The quantitative estimate of drug-likeness (QED) is 0.879. The van der Waals surface area contributed by atoms with Gasteiger partial charge < -0.3 is 14.9 Å². The Labute approximate surface area is 167 Å². The Balaban J connectivity index is 1.49. The highest BCUT2D eigenvalue weighted by Gasteiger charge is 2.41. The van der Waals surface area contributed by atoms with E-state index in [4.69, 9.17) is 0 Å². The summed E-state index contributed by atoms with van der Waals surface area (Å²) in [6, 6.07) is 15.8. The van der Waals surface area contributed by atoms with Crippen LogP contribution < -0.4 is 0 Å². The molecule has 2 fully saturated rings. The summed E-state index contributed by atoms with van der Waals surface area (Å²) in [5, 5.41) is 9.69. The number of aliphatic hydroxyl groups is 1. The molecule has 4 rings (SSSR count). The summed E-state index contributed by atoms with van der Waals surface area (Å²) in [4.78, 5) is 17.6. The zero-order valence-electron chi connectivity index (χ0n) is 16.9. The van der Waals surface area contributed by atoms with Crippen LogP contribution in [0.5, 0.6) is 0 Å². The van der Waals surface area contributed by atoms with Gasteiger partial charge in [-0.2, -0.15) is 0 Å². The molecule has 2 aliphatic rings. The fourth-order valence-corrected chi connectivity index (χ4v) is 4.58. The van der Waals surface area contributed by atoms with Crippen molar-refractivity contribution in [2.45, 2.75) is 32.3 Å². The molecular formula is C24H30N2O2. The zero-order valence-corrected chi connectivity index (χ0v) is 16.9. The van der Waals surface area contributed by atoms with E-state index < -0.39 is 6.10 Å². The summed E-state index contributed by atoms with van der Waals surface area (Å²) in [6.07, 6.45) is 3.06. The maximum absolute atomic E-state index is 13.1. The van der Waals surface area contributed by atoms with Gasteiger partial charge in [0.25, 0.3) is 5.91 Å². The molecule has 28 heavy (non-hydrogen) atoms. The van der Waals surface area contributed by atoms with E-state index >= 15 is 0 Å². The number of hydrogen-bond acceptors (Lipinski definition) is 3. The van der Waals surface area contributed by atoms with Crippen LogP contribution in [0.15, 0.2) is 48.5 Å². The lowest BCUT2D eigenvalue weighted by atomic mass is 9.78. The van der Waals surface area contributed by atoms with E-state index in [1.807, 2.05) is 48.5 Å². The highest BCUT2D eigenvalue weighted by Crippen LogP contribution is 2.40. The van der Waals surface area contributed by atoms with Crippen LogP contribution in [-0.2, 0) is 0 Å². The van der Waals surface area contributed by atoms with Crippen LogP contribution in [0.25, 0.3) is 11.1 Å². The van der Waals surface area contributed by atoms with Crippen molar-refractivity contribution in [1.82, 2.24) is 9.80 Å². The molecular weight excluding hydrogens is 348 g/mol. The first kappa shape index (κ1) is 19.2. The number of nitrogens with zero attached hydrogens (tertiary/aromatic N) is 2. The van der Waals surface area contributed by atoms with Crippen molar-refractivity contribution in [3.05, 3.63) is 59.7 Å². The molecule has 1 amide bonds. The number of benzene rings is 2. The zero-order chi connectivity index (χ0) is 19.7. The van der Waals surface area contributed by atoms with Crippen LogP contribution in [0, 0.1) is 5.41 Å². The minimum atomic E-state index is -0.468. The van der Waals surface area contributed by atoms with Crippen LogP contribution in [0.4, 0.5) is 0 Å². The highest BCUT2D eigenvalue weighted by molar-refractivity contribution is 5.95. The Bertz CT molecular complexity index is 836. The lowest BCUT2D eigenvalue weighted by Gasteiger charge is -2.37. The topological polar surface area (TPSA) is 43.8 Å². The molecule has 2 aromatic carbocycles. The van der Waals surface area contributed by atoms with Gasteiger partial charge in [-0.15, -0.1) is 0 Å². The lowest BCUT2D eigenvalue weighted by Crippen LogP contribution is -2.40. The molecule has 0 radical (unpaired) electrons. The summed E-state index contributed by atoms with van der Waals surface area (Å²) in [5.74, 6) is 0.151. The number of piperidine rings is 1. The minimum absolute atomic E-state index is 0.151. The normalized spacial score (nSPS) is 20.5. The molecule has 0 saturated carbocycles. The van der Waals surface area contributed by atoms with Crippen LogP contribution in [0.1, 0.15) is 48.2 Å². The van der Waals surface area contributed by atoms with E-state index in [1.54, 1.807) is 6.92 Å². The fourth-order valence-electron chi connectivity index (χ4n) is 4.58. The van der Waals surface area contributed by atoms with E-state index in [2.05, 4.69) is 16.8 Å². The van der Waals surface area contributed by atoms with E-state index in [0.717, 1.165) is 54.9 Å². The number of carbonyl (C=O) groups excluding carboxylic acids is 1. The van der Waals surface area contributed by atoms with Gasteiger partial charge in [0, 0.05) is 18.7 Å². The Morgan fingerprint density at radius 1 is 1.00 bits per heavy atom. The van der Waals surface area contributed by atoms with Gasteiger partial charge in [-0.1, -0.05) is 36.4 Å². The Morgan fingerprint density at radius 2 is 1.68 bits per heavy atom. The molecule has 0 aromatic heterocycles. The van der Waals surface area contributed by atoms with Crippen LogP contribution in [0.2, 0.25) is 0 Å². The number of aliphatic hydroxyl groups excluding tert-OH is 1. The average molecular weight is 379 g/mol. The second-order valence-corrected chi connectivity index (χ2v) is 8.66. The van der Waals surface area contributed by atoms with Crippen LogP contribution in [0.3, 0.4) is 0 Å². The van der Waals surface area contributed by atoms with E-state index in [-0.39, 0.29) is 5.91 Å². The number of carbonyl (C=O) groups is 1. The van der Waals surface area contributed by atoms with Gasteiger partial charge in [0.1, 0.15) is 0 Å². The molecule has 1 atom stereocenters. The van der Waals surface area contributed by atoms with Crippen LogP contribution >= 0.6 is 0 Å². The van der Waals surface area contributed by atoms with Crippen molar-refractivity contribution in [3.8, 4) is 11.1 Å². The second kappa shape index (κ2) is 7.69. The van der Waals surface area contributed by atoms with Crippen molar-refractivity contribution in [2.24, 2.45) is 5.41 Å². The molecule has 4 heteroatoms. The van der Waals surface area contributed by atoms with Crippen molar-refractivity contribution in [1.29, 1.82) is 0 Å². The first-order valence-corrected chi connectivity index (χ1v) is 10.3. The molecule has 4 nitrogen and oxygen atoms in total. The molecule has 1 spiro atoms. The van der Waals surface area contributed by atoms with E-state index in [9.17, 15) is 9.90 Å². The van der Waals surface area contributed by atoms with E-state index in [1.165, 1.54) is 12.8 Å². The van der Waals surface area contributed by atoms with E-state index in [0.29, 0.717) is 5.41 Å². The highest BCUT2D eigenvalue weighted by atomic mass is 16.3. The average Bonchev–Trinajstić information content (AvgIpc) is 3.14. The van der Waals surface area contributed by atoms with Gasteiger partial charge in [-0.05, 0) is 80.6 Å². The summed E-state index contributed by atoms with van der Waals surface area (Å²) in [5.41, 5.74) is 4.10. The second-order valence-electron chi connectivity index (χ2n) is 8.66. The lowest BCUT2D eigenvalue weighted by molar-refractivity contribution is 0.0736. The van der Waals surface area contributed by atoms with Crippen LogP contribution in [-0.4, -0.2) is 54.0 Å². The third-order valence-electron chi connectivity index (χ3n) is 6.61. The molecule has 2 saturated heterocycles. The molecule has 0 bridgehead atoms. The smallest absolute Gasteiger partial charge is 0.253 e. The predicted molar refractivity (Wildman–Crippen MR) is 112 cm³/mol. The first-order chi connectivity index (χ1) is 13.5. The Hall–Kier alpha value is -2.17. The molecule has 2 aliphatic heterocycles. The molecule has 0 aliphatic carbocycles. The van der Waals surface area contributed by atoms with Gasteiger partial charge >= 0.3 is 0 Å². The third-order valence-corrected chi connectivity index (χ3v) is 6.61. The van der Waals surface area contributed by atoms with Gasteiger partial charge in [0.05, 0.1) is 6.10 Å². The number of hydrogen-bond donors (Lipinski definition) is 1. The van der Waals surface area contributed by atoms with Gasteiger partial charge in [-0.3, -0.25) is 4.79 Å². The molecule has 2 heterocycles. The molecule has 2 aromatic rings. The van der Waals surface area contributed by atoms with Crippen molar-refractivity contribution >= 4 is 5.91 Å². The van der Waals surface area contributed by atoms with Gasteiger partial charge in [0.15, 0.2) is 0 Å². The number of rotatable bonds is 3. The maximum atomic E-state index is 13.1. The van der Waals surface area contributed by atoms with Crippen molar-refractivity contribution in [2.75, 3.05) is 33.2 Å². The predicted octanol–water partition coefficient (Wildman–Crippen LogP) is 3.96. The standard InChI is InChI=1S/C24H30N2O2/c1-18(27)19-6-8-20(9-7-19)21-4-3-5-22(16-21)23(28)26-15-12-24(17-26)10-13-25(2)14-11-24/h3-9,16,18,27H,10-15,17H2,1-2H3. The summed E-state index contributed by atoms with van der Waals surface area (Å²) in [6.45, 7) is 5.81. The largest absolute Gasteiger partial charge is 0.389 e. The van der Waals surface area contributed by atoms with Gasteiger partial charge in [0.2, 0.25) is 0 Å². The van der Waals surface area contributed by atoms with Crippen molar-refractivity contribution in [3.63, 3.8) is 0 Å². The molecule has 1 unspecified atom stereocenters. The summed E-state index contributed by atoms with van der Waals surface area (Å²) in [7, 11) is 2.18. The Kier molecular flexibility index (Phi) is 5.26. The first-order valence-electron chi connectivity index (χ1n) is 10.3. The summed E-state index contributed by atoms with van der Waals surface area (Å²) < 4.78 is 0. The molecule has 1 N–H and O–H groups in total.